The van der Waals surface area contributed by atoms with Crippen molar-refractivity contribution in [2.45, 2.75) is 25.7 Å². The van der Waals surface area contributed by atoms with Crippen molar-refractivity contribution in [2.24, 2.45) is 11.3 Å². The van der Waals surface area contributed by atoms with E-state index in [0.29, 0.717) is 18.7 Å². The fourth-order valence-electron chi connectivity index (χ4n) is 4.07. The zero-order valence-corrected chi connectivity index (χ0v) is 14.4. The molecule has 1 aliphatic carbocycles. The maximum Gasteiger partial charge on any atom is 0.235 e. The lowest BCUT2D eigenvalue weighted by atomic mass is 9.92. The van der Waals surface area contributed by atoms with Gasteiger partial charge in [-0.25, -0.2) is 8.42 Å². The highest BCUT2D eigenvalue weighted by Gasteiger charge is 2.57. The van der Waals surface area contributed by atoms with Gasteiger partial charge in [0.1, 0.15) is 0 Å². The molecule has 1 saturated carbocycles. The van der Waals surface area contributed by atoms with E-state index in [1.165, 1.54) is 4.31 Å². The number of sulfonamides is 1. The Hall–Kier alpha value is -1.60. The molecule has 3 fully saturated rings. The molecule has 1 aromatic carbocycles. The fraction of sp³-hybridized carbons (Fsp3) is 0.588. The number of amides is 1. The predicted molar refractivity (Wildman–Crippen MR) is 93.5 cm³/mol. The Bertz CT molecular complexity index is 739. The van der Waals surface area contributed by atoms with Crippen LogP contribution in [-0.2, 0) is 14.8 Å². The van der Waals surface area contributed by atoms with Crippen molar-refractivity contribution in [1.29, 1.82) is 0 Å². The van der Waals surface area contributed by atoms with Gasteiger partial charge in [0.25, 0.3) is 0 Å². The number of hydrogen-bond acceptors (Lipinski definition) is 4. The molecular formula is C17H23N3O3S. The van der Waals surface area contributed by atoms with Crippen LogP contribution in [0.3, 0.4) is 0 Å². The first-order valence-corrected chi connectivity index (χ1v) is 10.2. The van der Waals surface area contributed by atoms with E-state index in [1.54, 1.807) is 24.3 Å². The normalized spacial score (nSPS) is 27.2. The van der Waals surface area contributed by atoms with Crippen LogP contribution < -0.4 is 14.9 Å². The summed E-state index contributed by atoms with van der Waals surface area (Å²) in [5.41, 5.74) is 1.63. The Morgan fingerprint density at radius 3 is 2.54 bits per heavy atom. The molecule has 2 N–H and O–H groups in total. The number of carbonyl (C=O) groups excluding carboxylic acids is 1. The second kappa shape index (κ2) is 5.74. The highest BCUT2D eigenvalue weighted by molar-refractivity contribution is 7.93. The molecule has 2 heterocycles. The third kappa shape index (κ3) is 2.80. The van der Waals surface area contributed by atoms with Gasteiger partial charge < -0.3 is 10.6 Å². The SMILES string of the molecule is O=C(Nc1ccc(N2CCCS2(=O)=O)cc1)C1CC12CCNCC2. The number of nitrogens with one attached hydrogen (secondary N) is 2. The van der Waals surface area contributed by atoms with E-state index < -0.39 is 10.0 Å². The molecule has 6 nitrogen and oxygen atoms in total. The van der Waals surface area contributed by atoms with Crippen LogP contribution in [0.25, 0.3) is 0 Å². The van der Waals surface area contributed by atoms with Crippen molar-refractivity contribution in [3.63, 3.8) is 0 Å². The van der Waals surface area contributed by atoms with E-state index in [1.807, 2.05) is 0 Å². The lowest BCUT2D eigenvalue weighted by molar-refractivity contribution is -0.118. The minimum atomic E-state index is -3.16. The maximum atomic E-state index is 12.5. The molecule has 2 saturated heterocycles. The van der Waals surface area contributed by atoms with Gasteiger partial charge in [-0.3, -0.25) is 9.10 Å². The van der Waals surface area contributed by atoms with Crippen molar-refractivity contribution in [1.82, 2.24) is 5.32 Å². The van der Waals surface area contributed by atoms with Crippen LogP contribution >= 0.6 is 0 Å². The van der Waals surface area contributed by atoms with Gasteiger partial charge in [-0.1, -0.05) is 0 Å². The van der Waals surface area contributed by atoms with Crippen molar-refractivity contribution in [2.75, 3.05) is 35.0 Å². The molecule has 0 bridgehead atoms. The van der Waals surface area contributed by atoms with E-state index in [4.69, 9.17) is 0 Å². The van der Waals surface area contributed by atoms with Crippen molar-refractivity contribution in [3.05, 3.63) is 24.3 Å². The number of carbonyl (C=O) groups is 1. The van der Waals surface area contributed by atoms with Crippen LogP contribution in [0, 0.1) is 11.3 Å². The lowest BCUT2D eigenvalue weighted by Gasteiger charge is -2.23. The van der Waals surface area contributed by atoms with Gasteiger partial charge in [0.2, 0.25) is 15.9 Å². The molecule has 1 spiro atoms. The third-order valence-electron chi connectivity index (χ3n) is 5.63. The molecule has 130 valence electrons. The quantitative estimate of drug-likeness (QED) is 0.868. The number of nitrogens with zero attached hydrogens (tertiary/aromatic N) is 1. The van der Waals surface area contributed by atoms with E-state index in [2.05, 4.69) is 10.6 Å². The smallest absolute Gasteiger partial charge is 0.235 e. The molecule has 1 amide bonds. The second-order valence-electron chi connectivity index (χ2n) is 7.15. The molecule has 3 aliphatic rings. The van der Waals surface area contributed by atoms with Gasteiger partial charge in [0.05, 0.1) is 11.4 Å². The van der Waals surface area contributed by atoms with Crippen molar-refractivity contribution >= 4 is 27.3 Å². The Balaban J connectivity index is 1.40. The molecule has 2 aliphatic heterocycles. The molecule has 4 rings (SSSR count). The van der Waals surface area contributed by atoms with Crippen LogP contribution in [0.1, 0.15) is 25.7 Å². The number of rotatable bonds is 3. The van der Waals surface area contributed by atoms with Crippen LogP contribution in [0.5, 0.6) is 0 Å². The van der Waals surface area contributed by atoms with Crippen LogP contribution in [0.2, 0.25) is 0 Å². The fourth-order valence-corrected chi connectivity index (χ4v) is 5.63. The van der Waals surface area contributed by atoms with Gasteiger partial charge in [-0.05, 0) is 68.5 Å². The Labute approximate surface area is 142 Å². The summed E-state index contributed by atoms with van der Waals surface area (Å²) >= 11 is 0. The first-order valence-electron chi connectivity index (χ1n) is 8.62. The number of hydrogen-bond donors (Lipinski definition) is 2. The largest absolute Gasteiger partial charge is 0.326 e. The van der Waals surface area contributed by atoms with Crippen LogP contribution in [-0.4, -0.2) is 39.7 Å². The average molecular weight is 349 g/mol. The minimum absolute atomic E-state index is 0.0958. The van der Waals surface area contributed by atoms with Gasteiger partial charge in [0, 0.05) is 18.2 Å². The molecular weight excluding hydrogens is 326 g/mol. The zero-order chi connectivity index (χ0) is 16.8. The minimum Gasteiger partial charge on any atom is -0.326 e. The molecule has 1 unspecified atom stereocenters. The highest BCUT2D eigenvalue weighted by atomic mass is 32.2. The molecule has 7 heteroatoms. The van der Waals surface area contributed by atoms with E-state index in [9.17, 15) is 13.2 Å². The third-order valence-corrected chi connectivity index (χ3v) is 7.50. The number of piperidine rings is 1. The van der Waals surface area contributed by atoms with Crippen molar-refractivity contribution in [3.8, 4) is 0 Å². The summed E-state index contributed by atoms with van der Waals surface area (Å²) in [6.45, 7) is 2.54. The summed E-state index contributed by atoms with van der Waals surface area (Å²) in [7, 11) is -3.16. The van der Waals surface area contributed by atoms with Gasteiger partial charge in [-0.2, -0.15) is 0 Å². The average Bonchev–Trinajstić information content (AvgIpc) is 3.13. The topological polar surface area (TPSA) is 78.5 Å². The lowest BCUT2D eigenvalue weighted by Crippen LogP contribution is -2.31. The monoisotopic (exact) mass is 349 g/mol. The van der Waals surface area contributed by atoms with E-state index >= 15 is 0 Å². The van der Waals surface area contributed by atoms with E-state index in [0.717, 1.165) is 38.0 Å². The summed E-state index contributed by atoms with van der Waals surface area (Å²) in [6, 6.07) is 7.12. The molecule has 24 heavy (non-hydrogen) atoms. The van der Waals surface area contributed by atoms with E-state index in [-0.39, 0.29) is 23.0 Å². The Kier molecular flexibility index (Phi) is 3.80. The molecule has 1 atom stereocenters. The molecule has 0 aromatic heterocycles. The Morgan fingerprint density at radius 1 is 1.21 bits per heavy atom. The standard InChI is InChI=1S/C17H23N3O3S/c21-16(15-12-17(15)6-8-18-9-7-17)19-13-2-4-14(5-3-13)20-10-1-11-24(20,22)23/h2-5,15,18H,1,6-12H2,(H,19,21). The second-order valence-corrected chi connectivity index (χ2v) is 9.16. The number of anilines is 2. The Morgan fingerprint density at radius 2 is 1.92 bits per heavy atom. The van der Waals surface area contributed by atoms with Crippen LogP contribution in [0.15, 0.2) is 24.3 Å². The molecule has 0 radical (unpaired) electrons. The summed E-state index contributed by atoms with van der Waals surface area (Å²) < 4.78 is 25.3. The molecule has 1 aromatic rings. The van der Waals surface area contributed by atoms with Gasteiger partial charge >= 0.3 is 0 Å². The maximum absolute atomic E-state index is 12.5. The van der Waals surface area contributed by atoms with Crippen LogP contribution in [0.4, 0.5) is 11.4 Å². The van der Waals surface area contributed by atoms with Gasteiger partial charge in [0.15, 0.2) is 0 Å². The zero-order valence-electron chi connectivity index (χ0n) is 13.6. The summed E-state index contributed by atoms with van der Waals surface area (Å²) in [4.78, 5) is 12.5. The first kappa shape index (κ1) is 15.9. The highest BCUT2D eigenvalue weighted by Crippen LogP contribution is 2.58. The summed E-state index contributed by atoms with van der Waals surface area (Å²) in [5.74, 6) is 0.432. The van der Waals surface area contributed by atoms with Gasteiger partial charge in [-0.15, -0.1) is 0 Å². The van der Waals surface area contributed by atoms with Crippen molar-refractivity contribution < 1.29 is 13.2 Å². The summed E-state index contributed by atoms with van der Waals surface area (Å²) in [6.07, 6.45) is 3.82. The number of benzene rings is 1. The first-order chi connectivity index (χ1) is 11.5. The summed E-state index contributed by atoms with van der Waals surface area (Å²) in [5, 5.41) is 6.33. The predicted octanol–water partition coefficient (Wildman–Crippen LogP) is 1.55.